The van der Waals surface area contributed by atoms with Gasteiger partial charge in [-0.15, -0.1) is 0 Å². The lowest BCUT2D eigenvalue weighted by molar-refractivity contribution is 0.271. The predicted octanol–water partition coefficient (Wildman–Crippen LogP) is 0.528. The summed E-state index contributed by atoms with van der Waals surface area (Å²) in [6.07, 6.45) is 7.11. The molecule has 0 bridgehead atoms. The third-order valence-electron chi connectivity index (χ3n) is 3.61. The van der Waals surface area contributed by atoms with E-state index < -0.39 is 10.0 Å². The Balaban J connectivity index is 1.95. The van der Waals surface area contributed by atoms with Crippen molar-refractivity contribution < 1.29 is 8.42 Å². The van der Waals surface area contributed by atoms with Crippen LogP contribution in [0.1, 0.15) is 12.8 Å². The number of nitrogens with zero attached hydrogens (tertiary/aromatic N) is 4. The van der Waals surface area contributed by atoms with E-state index in [1.165, 1.54) is 6.26 Å². The molecule has 0 unspecified atom stereocenters. The Morgan fingerprint density at radius 3 is 2.84 bits per heavy atom. The number of aryl methyl sites for hydroxylation is 1. The molecule has 6 nitrogen and oxygen atoms in total. The Morgan fingerprint density at radius 1 is 1.53 bits per heavy atom. The van der Waals surface area contributed by atoms with Crippen molar-refractivity contribution in [2.45, 2.75) is 12.8 Å². The molecule has 108 valence electrons. The monoisotopic (exact) mass is 286 g/mol. The zero-order valence-electron chi connectivity index (χ0n) is 11.8. The van der Waals surface area contributed by atoms with E-state index in [1.807, 2.05) is 26.5 Å². The number of aromatic nitrogens is 2. The Morgan fingerprint density at radius 2 is 2.26 bits per heavy atom. The van der Waals surface area contributed by atoms with E-state index in [0.29, 0.717) is 19.0 Å². The summed E-state index contributed by atoms with van der Waals surface area (Å²) >= 11 is 0. The van der Waals surface area contributed by atoms with Crippen LogP contribution in [0.5, 0.6) is 0 Å². The van der Waals surface area contributed by atoms with Crippen molar-refractivity contribution in [1.29, 1.82) is 0 Å². The quantitative estimate of drug-likeness (QED) is 0.810. The first-order valence-corrected chi connectivity index (χ1v) is 8.36. The molecule has 1 saturated heterocycles. The molecule has 0 aromatic carbocycles. The molecule has 0 N–H and O–H groups in total. The maximum atomic E-state index is 11.6. The molecule has 1 fully saturated rings. The summed E-state index contributed by atoms with van der Waals surface area (Å²) < 4.78 is 26.5. The molecule has 7 heteroatoms. The maximum Gasteiger partial charge on any atom is 0.211 e. The van der Waals surface area contributed by atoms with Gasteiger partial charge in [0, 0.05) is 39.9 Å². The van der Waals surface area contributed by atoms with Crippen LogP contribution < -0.4 is 4.90 Å². The second-order valence-corrected chi connectivity index (χ2v) is 7.36. The molecule has 1 aromatic rings. The van der Waals surface area contributed by atoms with Crippen LogP contribution in [-0.2, 0) is 17.1 Å². The van der Waals surface area contributed by atoms with Gasteiger partial charge in [-0.05, 0) is 18.8 Å². The highest BCUT2D eigenvalue weighted by Gasteiger charge is 2.26. The summed E-state index contributed by atoms with van der Waals surface area (Å²) in [5.41, 5.74) is 1.07. The minimum Gasteiger partial charge on any atom is -0.372 e. The van der Waals surface area contributed by atoms with Crippen molar-refractivity contribution in [3.8, 4) is 0 Å². The fourth-order valence-electron chi connectivity index (χ4n) is 2.58. The average molecular weight is 286 g/mol. The largest absolute Gasteiger partial charge is 0.372 e. The molecule has 2 heterocycles. The number of piperidine rings is 1. The molecule has 0 radical (unpaired) electrons. The first kappa shape index (κ1) is 14.3. The van der Waals surface area contributed by atoms with Crippen LogP contribution >= 0.6 is 0 Å². The molecule has 0 amide bonds. The first-order chi connectivity index (χ1) is 8.86. The minimum absolute atomic E-state index is 0.383. The Hall–Kier alpha value is -1.08. The fourth-order valence-corrected chi connectivity index (χ4v) is 3.52. The van der Waals surface area contributed by atoms with E-state index in [0.717, 1.165) is 25.1 Å². The van der Waals surface area contributed by atoms with Gasteiger partial charge in [0.05, 0.1) is 18.1 Å². The Labute approximate surface area is 115 Å². The lowest BCUT2D eigenvalue weighted by Gasteiger charge is -2.33. The molecule has 2 rings (SSSR count). The van der Waals surface area contributed by atoms with Crippen LogP contribution in [0, 0.1) is 5.92 Å². The van der Waals surface area contributed by atoms with Gasteiger partial charge in [-0.1, -0.05) is 0 Å². The number of hydrogen-bond acceptors (Lipinski definition) is 4. The number of sulfonamides is 1. The highest BCUT2D eigenvalue weighted by atomic mass is 32.2. The zero-order valence-corrected chi connectivity index (χ0v) is 12.6. The second kappa shape index (κ2) is 5.50. The zero-order chi connectivity index (χ0) is 14.0. The van der Waals surface area contributed by atoms with Crippen molar-refractivity contribution in [2.75, 3.05) is 37.8 Å². The van der Waals surface area contributed by atoms with Crippen LogP contribution in [0.2, 0.25) is 0 Å². The molecule has 1 atom stereocenters. The van der Waals surface area contributed by atoms with E-state index in [4.69, 9.17) is 0 Å². The van der Waals surface area contributed by atoms with Crippen LogP contribution in [0.25, 0.3) is 0 Å². The summed E-state index contributed by atoms with van der Waals surface area (Å²) in [4.78, 5) is 2.14. The number of hydrogen-bond donors (Lipinski definition) is 0. The van der Waals surface area contributed by atoms with E-state index in [1.54, 1.807) is 8.99 Å². The summed E-state index contributed by atoms with van der Waals surface area (Å²) in [5, 5.41) is 4.15. The van der Waals surface area contributed by atoms with E-state index >= 15 is 0 Å². The van der Waals surface area contributed by atoms with Crippen molar-refractivity contribution >= 4 is 15.7 Å². The Kier molecular flexibility index (Phi) is 4.15. The summed E-state index contributed by atoms with van der Waals surface area (Å²) in [7, 11) is 0.860. The fraction of sp³-hybridized carbons (Fsp3) is 0.750. The van der Waals surface area contributed by atoms with Crippen molar-refractivity contribution in [2.24, 2.45) is 13.0 Å². The van der Waals surface area contributed by atoms with Gasteiger partial charge in [0.15, 0.2) is 0 Å². The second-order valence-electron chi connectivity index (χ2n) is 5.38. The molecule has 0 spiro atoms. The van der Waals surface area contributed by atoms with Crippen LogP contribution in [0.4, 0.5) is 5.69 Å². The molecule has 0 aliphatic carbocycles. The number of anilines is 1. The van der Waals surface area contributed by atoms with Crippen molar-refractivity contribution in [1.82, 2.24) is 14.1 Å². The lowest BCUT2D eigenvalue weighted by atomic mass is 9.99. The topological polar surface area (TPSA) is 58.4 Å². The molecule has 0 saturated carbocycles. The van der Waals surface area contributed by atoms with Crippen LogP contribution in [0.3, 0.4) is 0 Å². The van der Waals surface area contributed by atoms with Gasteiger partial charge >= 0.3 is 0 Å². The van der Waals surface area contributed by atoms with Crippen LogP contribution in [-0.4, -0.2) is 55.4 Å². The van der Waals surface area contributed by atoms with Gasteiger partial charge in [0.2, 0.25) is 10.0 Å². The van der Waals surface area contributed by atoms with E-state index in [9.17, 15) is 8.42 Å². The van der Waals surface area contributed by atoms with Gasteiger partial charge in [0.25, 0.3) is 0 Å². The highest BCUT2D eigenvalue weighted by Crippen LogP contribution is 2.21. The van der Waals surface area contributed by atoms with Crippen molar-refractivity contribution in [3.63, 3.8) is 0 Å². The SMILES string of the molecule is CN(C[C@@H]1CCCN(S(C)(=O)=O)C1)c1cnn(C)c1. The summed E-state index contributed by atoms with van der Waals surface area (Å²) in [5.74, 6) is 0.383. The maximum absolute atomic E-state index is 11.6. The van der Waals surface area contributed by atoms with Gasteiger partial charge in [-0.2, -0.15) is 5.10 Å². The van der Waals surface area contributed by atoms with E-state index in [2.05, 4.69) is 10.00 Å². The minimum atomic E-state index is -3.06. The molecule has 1 aliphatic rings. The van der Waals surface area contributed by atoms with E-state index in [-0.39, 0.29) is 0 Å². The molecule has 19 heavy (non-hydrogen) atoms. The van der Waals surface area contributed by atoms with Crippen LogP contribution in [0.15, 0.2) is 12.4 Å². The lowest BCUT2D eigenvalue weighted by Crippen LogP contribution is -2.42. The third-order valence-corrected chi connectivity index (χ3v) is 4.88. The predicted molar refractivity (Wildman–Crippen MR) is 75.6 cm³/mol. The van der Waals surface area contributed by atoms with Gasteiger partial charge in [0.1, 0.15) is 0 Å². The van der Waals surface area contributed by atoms with Crippen molar-refractivity contribution in [3.05, 3.63) is 12.4 Å². The standard InChI is InChI=1S/C12H22N4O2S/c1-14(12-7-13-15(2)10-12)8-11-5-4-6-16(9-11)19(3,17)18/h7,10-11H,4-6,8-9H2,1-3H3/t11-/m0/s1. The third kappa shape index (κ3) is 3.70. The van der Waals surface area contributed by atoms with Gasteiger partial charge < -0.3 is 4.90 Å². The summed E-state index contributed by atoms with van der Waals surface area (Å²) in [6.45, 7) is 2.15. The van der Waals surface area contributed by atoms with Gasteiger partial charge in [-0.25, -0.2) is 12.7 Å². The highest BCUT2D eigenvalue weighted by molar-refractivity contribution is 7.88. The molecular weight excluding hydrogens is 264 g/mol. The molecular formula is C12H22N4O2S. The normalized spacial score (nSPS) is 21.5. The van der Waals surface area contributed by atoms with Gasteiger partial charge in [-0.3, -0.25) is 4.68 Å². The summed E-state index contributed by atoms with van der Waals surface area (Å²) in [6, 6.07) is 0. The first-order valence-electron chi connectivity index (χ1n) is 6.51. The molecule has 1 aromatic heterocycles. The smallest absolute Gasteiger partial charge is 0.211 e. The molecule has 1 aliphatic heterocycles. The average Bonchev–Trinajstić information content (AvgIpc) is 2.75. The Bertz CT molecular complexity index is 526. The number of rotatable bonds is 4.